The number of hydrogen-bond acceptors (Lipinski definition) is 3. The van der Waals surface area contributed by atoms with Crippen molar-refractivity contribution >= 4 is 10.0 Å². The van der Waals surface area contributed by atoms with E-state index in [1.54, 1.807) is 6.92 Å². The minimum Gasteiger partial charge on any atom is -0.393 e. The van der Waals surface area contributed by atoms with Crippen LogP contribution in [0.1, 0.15) is 20.3 Å². The first-order chi connectivity index (χ1) is 8.31. The lowest BCUT2D eigenvalue weighted by molar-refractivity contribution is 0.165. The van der Waals surface area contributed by atoms with Crippen molar-refractivity contribution in [2.75, 3.05) is 6.54 Å². The smallest absolute Gasteiger partial charge is 0.240 e. The topological polar surface area (TPSA) is 66.4 Å². The van der Waals surface area contributed by atoms with Gasteiger partial charge in [-0.3, -0.25) is 0 Å². The Balaban J connectivity index is 2.66. The summed E-state index contributed by atoms with van der Waals surface area (Å²) < 4.78 is 39.0. The van der Waals surface area contributed by atoms with Gasteiger partial charge >= 0.3 is 0 Å². The summed E-state index contributed by atoms with van der Waals surface area (Å²) in [5.41, 5.74) is 0. The highest BCUT2D eigenvalue weighted by Gasteiger charge is 2.16. The van der Waals surface area contributed by atoms with Gasteiger partial charge in [0.25, 0.3) is 0 Å². The molecular weight excluding hydrogens is 257 g/mol. The first kappa shape index (κ1) is 15.1. The fraction of sp³-hybridized carbons (Fsp3) is 0.500. The van der Waals surface area contributed by atoms with Crippen molar-refractivity contribution in [2.24, 2.45) is 5.92 Å². The molecule has 6 heteroatoms. The molecular formula is C12H18FNO3S. The molecule has 0 saturated heterocycles. The normalized spacial score (nSPS) is 15.3. The van der Waals surface area contributed by atoms with Gasteiger partial charge in [-0.1, -0.05) is 13.0 Å². The summed E-state index contributed by atoms with van der Waals surface area (Å²) in [6, 6.07) is 4.85. The zero-order chi connectivity index (χ0) is 13.8. The van der Waals surface area contributed by atoms with Gasteiger partial charge in [-0.2, -0.15) is 0 Å². The molecule has 0 bridgehead atoms. The van der Waals surface area contributed by atoms with Gasteiger partial charge in [0.05, 0.1) is 11.0 Å². The maximum Gasteiger partial charge on any atom is 0.240 e. The summed E-state index contributed by atoms with van der Waals surface area (Å²) in [6.45, 7) is 3.70. The molecule has 0 aliphatic rings. The number of sulfonamides is 1. The molecule has 0 aliphatic heterocycles. The zero-order valence-electron chi connectivity index (χ0n) is 10.4. The monoisotopic (exact) mass is 275 g/mol. The van der Waals surface area contributed by atoms with E-state index in [-0.39, 0.29) is 17.4 Å². The summed E-state index contributed by atoms with van der Waals surface area (Å²) in [6.07, 6.45) is 0.0322. The third-order valence-electron chi connectivity index (χ3n) is 2.47. The van der Waals surface area contributed by atoms with Crippen LogP contribution in [0.5, 0.6) is 0 Å². The van der Waals surface area contributed by atoms with E-state index in [1.807, 2.05) is 6.92 Å². The second-order valence-corrected chi connectivity index (χ2v) is 6.27. The molecule has 2 unspecified atom stereocenters. The number of aliphatic hydroxyl groups is 1. The highest BCUT2D eigenvalue weighted by Crippen LogP contribution is 2.11. The van der Waals surface area contributed by atoms with Crippen LogP contribution >= 0.6 is 0 Å². The van der Waals surface area contributed by atoms with E-state index in [4.69, 9.17) is 0 Å². The fourth-order valence-electron chi connectivity index (χ4n) is 1.64. The molecule has 1 rings (SSSR count). The average molecular weight is 275 g/mol. The molecule has 0 heterocycles. The second kappa shape index (κ2) is 6.26. The van der Waals surface area contributed by atoms with E-state index in [9.17, 15) is 17.9 Å². The van der Waals surface area contributed by atoms with Crippen LogP contribution in [0.3, 0.4) is 0 Å². The predicted octanol–water partition coefficient (Wildman–Crippen LogP) is 1.51. The van der Waals surface area contributed by atoms with Gasteiger partial charge in [0, 0.05) is 6.54 Å². The van der Waals surface area contributed by atoms with Crippen LogP contribution in [0.15, 0.2) is 29.2 Å². The van der Waals surface area contributed by atoms with Crippen LogP contribution in [0.4, 0.5) is 4.39 Å². The van der Waals surface area contributed by atoms with Crippen molar-refractivity contribution < 1.29 is 17.9 Å². The van der Waals surface area contributed by atoms with Crippen LogP contribution in [0.2, 0.25) is 0 Å². The Labute approximate surface area is 107 Å². The Bertz CT molecular complexity index is 488. The van der Waals surface area contributed by atoms with Crippen molar-refractivity contribution in [3.05, 3.63) is 30.1 Å². The Kier molecular flexibility index (Phi) is 5.25. The van der Waals surface area contributed by atoms with Gasteiger partial charge in [0.2, 0.25) is 10.0 Å². The van der Waals surface area contributed by atoms with Crippen molar-refractivity contribution in [3.63, 3.8) is 0 Å². The summed E-state index contributed by atoms with van der Waals surface area (Å²) in [5.74, 6) is -0.580. The first-order valence-corrected chi connectivity index (χ1v) is 7.23. The molecule has 0 saturated carbocycles. The third-order valence-corrected chi connectivity index (χ3v) is 3.89. The van der Waals surface area contributed by atoms with Crippen molar-refractivity contribution in [2.45, 2.75) is 31.3 Å². The minimum atomic E-state index is -3.69. The quantitative estimate of drug-likeness (QED) is 0.827. The van der Waals surface area contributed by atoms with Crippen LogP contribution in [-0.4, -0.2) is 26.2 Å². The highest BCUT2D eigenvalue weighted by molar-refractivity contribution is 7.89. The van der Waals surface area contributed by atoms with Gasteiger partial charge in [-0.15, -0.1) is 0 Å². The van der Waals surface area contributed by atoms with Gasteiger partial charge < -0.3 is 5.11 Å². The molecule has 0 spiro atoms. The molecule has 4 nitrogen and oxygen atoms in total. The SMILES string of the molecule is CC(O)CC(C)CNS(=O)(=O)c1cccc(F)c1. The van der Waals surface area contributed by atoms with Gasteiger partial charge in [0.15, 0.2) is 0 Å². The predicted molar refractivity (Wildman–Crippen MR) is 67.1 cm³/mol. The third kappa shape index (κ3) is 4.72. The zero-order valence-corrected chi connectivity index (χ0v) is 11.2. The largest absolute Gasteiger partial charge is 0.393 e. The Morgan fingerprint density at radius 2 is 2.06 bits per heavy atom. The molecule has 0 aliphatic carbocycles. The van der Waals surface area contributed by atoms with E-state index in [0.29, 0.717) is 6.42 Å². The lowest BCUT2D eigenvalue weighted by Crippen LogP contribution is -2.29. The molecule has 2 N–H and O–H groups in total. The van der Waals surface area contributed by atoms with E-state index in [1.165, 1.54) is 18.2 Å². The maximum absolute atomic E-state index is 12.9. The molecule has 0 fully saturated rings. The maximum atomic E-state index is 12.9. The van der Waals surface area contributed by atoms with Crippen LogP contribution in [0, 0.1) is 11.7 Å². The fourth-order valence-corrected chi connectivity index (χ4v) is 2.83. The Morgan fingerprint density at radius 1 is 1.39 bits per heavy atom. The summed E-state index contributed by atoms with van der Waals surface area (Å²) >= 11 is 0. The van der Waals surface area contributed by atoms with Gasteiger partial charge in [-0.05, 0) is 37.5 Å². The lowest BCUT2D eigenvalue weighted by Gasteiger charge is -2.14. The first-order valence-electron chi connectivity index (χ1n) is 5.74. The van der Waals surface area contributed by atoms with Crippen molar-refractivity contribution in [1.82, 2.24) is 4.72 Å². The summed E-state index contributed by atoms with van der Waals surface area (Å²) in [4.78, 5) is -0.0910. The Morgan fingerprint density at radius 3 is 2.61 bits per heavy atom. The molecule has 2 atom stereocenters. The lowest BCUT2D eigenvalue weighted by atomic mass is 10.1. The van der Waals surface area contributed by atoms with Crippen LogP contribution < -0.4 is 4.72 Å². The molecule has 0 radical (unpaired) electrons. The molecule has 1 aromatic rings. The molecule has 1 aromatic carbocycles. The summed E-state index contributed by atoms with van der Waals surface area (Å²) in [5, 5.41) is 9.18. The summed E-state index contributed by atoms with van der Waals surface area (Å²) in [7, 11) is -3.69. The van der Waals surface area contributed by atoms with E-state index in [0.717, 1.165) is 6.07 Å². The molecule has 18 heavy (non-hydrogen) atoms. The van der Waals surface area contributed by atoms with Gasteiger partial charge in [-0.25, -0.2) is 17.5 Å². The second-order valence-electron chi connectivity index (χ2n) is 4.50. The number of nitrogens with one attached hydrogen (secondary N) is 1. The Hall–Kier alpha value is -0.980. The number of benzene rings is 1. The van der Waals surface area contributed by atoms with E-state index in [2.05, 4.69) is 4.72 Å². The van der Waals surface area contributed by atoms with Crippen molar-refractivity contribution in [1.29, 1.82) is 0 Å². The number of halogens is 1. The molecule has 102 valence electrons. The van der Waals surface area contributed by atoms with Crippen LogP contribution in [0.25, 0.3) is 0 Å². The van der Waals surface area contributed by atoms with Crippen LogP contribution in [-0.2, 0) is 10.0 Å². The molecule has 0 amide bonds. The average Bonchev–Trinajstić information content (AvgIpc) is 2.26. The molecule has 0 aromatic heterocycles. The van der Waals surface area contributed by atoms with Gasteiger partial charge in [0.1, 0.15) is 5.82 Å². The number of rotatable bonds is 6. The standard InChI is InChI=1S/C12H18FNO3S/c1-9(6-10(2)15)8-14-18(16,17)12-5-3-4-11(13)7-12/h3-5,7,9-10,14-15H,6,8H2,1-2H3. The highest BCUT2D eigenvalue weighted by atomic mass is 32.2. The van der Waals surface area contributed by atoms with E-state index < -0.39 is 21.9 Å². The number of hydrogen-bond donors (Lipinski definition) is 2. The minimum absolute atomic E-state index is 0.00772. The van der Waals surface area contributed by atoms with Crippen molar-refractivity contribution in [3.8, 4) is 0 Å². The number of aliphatic hydroxyl groups excluding tert-OH is 1. The van der Waals surface area contributed by atoms with E-state index >= 15 is 0 Å².